The SMILES string of the molecule is CCNC(=NCC(c1ccco1)N1CCCC1)NCCCN(C)CC(F)(F)F.I. The number of nitrogens with one attached hydrogen (secondary N) is 2. The molecule has 1 aromatic heterocycles. The standard InChI is InChI=1S/C19H32F3N5O.HI/c1-3-23-18(24-9-7-10-26(2)15-19(20,21)22)25-14-16(17-8-6-13-28-17)27-11-4-5-12-27;/h6,8,13,16H,3-5,7,9-12,14-15H2,1-2H3,(H2,23,24,25);1H. The molecule has 0 saturated carbocycles. The van der Waals surface area contributed by atoms with Gasteiger partial charge in [0.05, 0.1) is 25.4 Å². The van der Waals surface area contributed by atoms with Crippen LogP contribution in [0.1, 0.15) is 38.0 Å². The summed E-state index contributed by atoms with van der Waals surface area (Å²) in [6.07, 6.45) is 0.498. The van der Waals surface area contributed by atoms with E-state index in [1.165, 1.54) is 24.8 Å². The minimum atomic E-state index is -4.16. The number of hydrogen-bond donors (Lipinski definition) is 2. The first-order chi connectivity index (χ1) is 13.4. The van der Waals surface area contributed by atoms with Gasteiger partial charge in [0.1, 0.15) is 5.76 Å². The van der Waals surface area contributed by atoms with Gasteiger partial charge in [-0.15, -0.1) is 24.0 Å². The fourth-order valence-corrected chi connectivity index (χ4v) is 3.38. The molecule has 1 aliphatic rings. The van der Waals surface area contributed by atoms with E-state index in [9.17, 15) is 13.2 Å². The number of aliphatic imine (C=N–C) groups is 1. The third kappa shape index (κ3) is 10.0. The number of furan rings is 1. The smallest absolute Gasteiger partial charge is 0.401 e. The van der Waals surface area contributed by atoms with E-state index in [4.69, 9.17) is 4.42 Å². The van der Waals surface area contributed by atoms with Crippen molar-refractivity contribution in [1.29, 1.82) is 0 Å². The number of alkyl halides is 3. The van der Waals surface area contributed by atoms with Gasteiger partial charge in [-0.1, -0.05) is 0 Å². The predicted octanol–water partition coefficient (Wildman–Crippen LogP) is 3.47. The van der Waals surface area contributed by atoms with Gasteiger partial charge in [0.15, 0.2) is 5.96 Å². The number of likely N-dealkylation sites (tertiary alicyclic amines) is 1. The van der Waals surface area contributed by atoms with E-state index in [-0.39, 0.29) is 30.0 Å². The Bertz CT molecular complexity index is 577. The van der Waals surface area contributed by atoms with Crippen LogP contribution in [-0.4, -0.2) is 74.8 Å². The molecule has 2 heterocycles. The summed E-state index contributed by atoms with van der Waals surface area (Å²) in [5.41, 5.74) is 0. The monoisotopic (exact) mass is 531 g/mol. The van der Waals surface area contributed by atoms with Crippen molar-refractivity contribution in [1.82, 2.24) is 20.4 Å². The molecule has 0 spiro atoms. The molecule has 1 saturated heterocycles. The van der Waals surface area contributed by atoms with Gasteiger partial charge in [-0.25, -0.2) is 0 Å². The van der Waals surface area contributed by atoms with Gasteiger partial charge in [0, 0.05) is 13.1 Å². The van der Waals surface area contributed by atoms with Crippen molar-refractivity contribution in [2.75, 3.05) is 52.9 Å². The van der Waals surface area contributed by atoms with Crippen LogP contribution >= 0.6 is 24.0 Å². The topological polar surface area (TPSA) is 56.0 Å². The number of hydrogen-bond acceptors (Lipinski definition) is 4. The van der Waals surface area contributed by atoms with E-state index in [1.807, 2.05) is 19.1 Å². The van der Waals surface area contributed by atoms with Crippen LogP contribution in [0.2, 0.25) is 0 Å². The lowest BCUT2D eigenvalue weighted by Gasteiger charge is -2.24. The molecule has 0 amide bonds. The van der Waals surface area contributed by atoms with Gasteiger partial charge >= 0.3 is 6.18 Å². The summed E-state index contributed by atoms with van der Waals surface area (Å²) in [5.74, 6) is 1.59. The third-order valence-corrected chi connectivity index (χ3v) is 4.68. The zero-order valence-corrected chi connectivity index (χ0v) is 19.5. The summed E-state index contributed by atoms with van der Waals surface area (Å²) in [6.45, 7) is 5.39. The summed E-state index contributed by atoms with van der Waals surface area (Å²) < 4.78 is 42.7. The number of rotatable bonds is 10. The molecule has 1 aromatic rings. The molecule has 1 fully saturated rings. The predicted molar refractivity (Wildman–Crippen MR) is 120 cm³/mol. The molecule has 2 N–H and O–H groups in total. The van der Waals surface area contributed by atoms with Crippen LogP contribution in [0.4, 0.5) is 13.2 Å². The second kappa shape index (κ2) is 13.3. The van der Waals surface area contributed by atoms with Crippen LogP contribution < -0.4 is 10.6 Å². The Balaban J connectivity index is 0.00000420. The molecule has 29 heavy (non-hydrogen) atoms. The summed E-state index contributed by atoms with van der Waals surface area (Å²) in [4.78, 5) is 8.36. The van der Waals surface area contributed by atoms with Crippen molar-refractivity contribution in [3.63, 3.8) is 0 Å². The van der Waals surface area contributed by atoms with Crippen molar-refractivity contribution in [3.8, 4) is 0 Å². The van der Waals surface area contributed by atoms with Gasteiger partial charge < -0.3 is 15.1 Å². The fraction of sp³-hybridized carbons (Fsp3) is 0.737. The molecule has 0 bridgehead atoms. The van der Waals surface area contributed by atoms with E-state index in [1.54, 1.807) is 6.26 Å². The maximum atomic E-state index is 12.4. The molecular weight excluding hydrogens is 498 g/mol. The summed E-state index contributed by atoms with van der Waals surface area (Å²) in [5, 5.41) is 6.41. The van der Waals surface area contributed by atoms with E-state index >= 15 is 0 Å². The first-order valence-electron chi connectivity index (χ1n) is 9.94. The molecule has 0 aliphatic carbocycles. The zero-order valence-electron chi connectivity index (χ0n) is 17.2. The van der Waals surface area contributed by atoms with Crippen molar-refractivity contribution >= 4 is 29.9 Å². The molecule has 1 atom stereocenters. The van der Waals surface area contributed by atoms with Crippen LogP contribution in [0.25, 0.3) is 0 Å². The Morgan fingerprint density at radius 3 is 2.62 bits per heavy atom. The summed E-state index contributed by atoms with van der Waals surface area (Å²) >= 11 is 0. The minimum absolute atomic E-state index is 0. The molecule has 6 nitrogen and oxygen atoms in total. The summed E-state index contributed by atoms with van der Waals surface area (Å²) in [6, 6.07) is 3.98. The lowest BCUT2D eigenvalue weighted by molar-refractivity contribution is -0.143. The molecule has 1 unspecified atom stereocenters. The molecule has 0 aromatic carbocycles. The number of halogens is 4. The first-order valence-corrected chi connectivity index (χ1v) is 9.94. The van der Waals surface area contributed by atoms with Crippen LogP contribution in [-0.2, 0) is 0 Å². The number of guanidine groups is 1. The molecular formula is C19H33F3IN5O. The Morgan fingerprint density at radius 1 is 1.31 bits per heavy atom. The minimum Gasteiger partial charge on any atom is -0.468 e. The Morgan fingerprint density at radius 2 is 2.03 bits per heavy atom. The van der Waals surface area contributed by atoms with E-state index < -0.39 is 12.7 Å². The molecule has 0 radical (unpaired) electrons. The van der Waals surface area contributed by atoms with Gasteiger partial charge in [-0.05, 0) is 65.0 Å². The highest BCUT2D eigenvalue weighted by atomic mass is 127. The Kier molecular flexibility index (Phi) is 12.0. The van der Waals surface area contributed by atoms with E-state index in [2.05, 4.69) is 20.5 Å². The normalized spacial score (nSPS) is 16.7. The Hall–Kier alpha value is -1.01. The molecule has 10 heteroatoms. The fourth-order valence-electron chi connectivity index (χ4n) is 3.38. The highest BCUT2D eigenvalue weighted by molar-refractivity contribution is 14.0. The van der Waals surface area contributed by atoms with E-state index in [0.29, 0.717) is 32.0 Å². The van der Waals surface area contributed by atoms with Crippen LogP contribution in [0, 0.1) is 0 Å². The average molecular weight is 531 g/mol. The largest absolute Gasteiger partial charge is 0.468 e. The van der Waals surface area contributed by atoms with Gasteiger partial charge in [-0.2, -0.15) is 13.2 Å². The average Bonchev–Trinajstić information content (AvgIpc) is 3.31. The third-order valence-electron chi connectivity index (χ3n) is 4.68. The van der Waals surface area contributed by atoms with Crippen molar-refractivity contribution in [2.45, 2.75) is 38.4 Å². The van der Waals surface area contributed by atoms with Gasteiger partial charge in [0.25, 0.3) is 0 Å². The summed E-state index contributed by atoms with van der Waals surface area (Å²) in [7, 11) is 1.48. The quantitative estimate of drug-likeness (QED) is 0.210. The molecule has 1 aliphatic heterocycles. The number of nitrogens with zero attached hydrogens (tertiary/aromatic N) is 3. The highest BCUT2D eigenvalue weighted by Gasteiger charge is 2.29. The maximum absolute atomic E-state index is 12.4. The second-order valence-corrected chi connectivity index (χ2v) is 7.13. The zero-order chi connectivity index (χ0) is 20.4. The highest BCUT2D eigenvalue weighted by Crippen LogP contribution is 2.25. The maximum Gasteiger partial charge on any atom is 0.401 e. The van der Waals surface area contributed by atoms with Crippen molar-refractivity contribution < 1.29 is 17.6 Å². The lowest BCUT2D eigenvalue weighted by Crippen LogP contribution is -2.40. The van der Waals surface area contributed by atoms with Crippen LogP contribution in [0.15, 0.2) is 27.8 Å². The first kappa shape index (κ1) is 26.0. The van der Waals surface area contributed by atoms with E-state index in [0.717, 1.165) is 25.4 Å². The lowest BCUT2D eigenvalue weighted by atomic mass is 10.2. The second-order valence-electron chi connectivity index (χ2n) is 7.13. The van der Waals surface area contributed by atoms with Gasteiger partial charge in [0.2, 0.25) is 0 Å². The van der Waals surface area contributed by atoms with Crippen LogP contribution in [0.5, 0.6) is 0 Å². The Labute approximate surface area is 188 Å². The van der Waals surface area contributed by atoms with Crippen molar-refractivity contribution in [3.05, 3.63) is 24.2 Å². The molecule has 2 rings (SSSR count). The van der Waals surface area contributed by atoms with Crippen LogP contribution in [0.3, 0.4) is 0 Å². The molecule has 168 valence electrons. The van der Waals surface area contributed by atoms with Gasteiger partial charge in [-0.3, -0.25) is 14.8 Å². The van der Waals surface area contributed by atoms with Crippen molar-refractivity contribution in [2.24, 2.45) is 4.99 Å².